The minimum Gasteiger partial charge on any atom is -0.368 e. The number of rotatable bonds is 4. The Morgan fingerprint density at radius 2 is 1.84 bits per heavy atom. The van der Waals surface area contributed by atoms with Gasteiger partial charge in [-0.25, -0.2) is 0 Å². The third kappa shape index (κ3) is 7.30. The molecule has 0 aromatic carbocycles. The summed E-state index contributed by atoms with van der Waals surface area (Å²) >= 11 is 0. The fraction of sp³-hybridized carbons (Fsp3) is 0.737. The van der Waals surface area contributed by atoms with Crippen molar-refractivity contribution in [3.8, 4) is 0 Å². The lowest BCUT2D eigenvalue weighted by Gasteiger charge is -2.30. The number of nitrogens with two attached hydrogens (primary N) is 1. The first-order valence-corrected chi connectivity index (χ1v) is 12.8. The van der Waals surface area contributed by atoms with E-state index in [0.29, 0.717) is 25.8 Å². The van der Waals surface area contributed by atoms with Gasteiger partial charge in [-0.15, -0.1) is 0 Å². The highest BCUT2D eigenvalue weighted by Gasteiger charge is 2.39. The Morgan fingerprint density at radius 1 is 1.16 bits per heavy atom. The van der Waals surface area contributed by atoms with Gasteiger partial charge < -0.3 is 26.6 Å². The summed E-state index contributed by atoms with van der Waals surface area (Å²) in [4.78, 5) is 63.9. The molecular weight excluding hydrogens is 442 g/mol. The van der Waals surface area contributed by atoms with Gasteiger partial charge in [0.1, 0.15) is 24.2 Å². The SMILES string of the molecule is CC(=O)N[C@H]1CSSC[C@@H](C(N)=O)NC(=O)[C@H](CC(C)C)NC(=O)[C@@H]2CCCN2C1=O. The first-order chi connectivity index (χ1) is 14.6. The minimum atomic E-state index is -0.919. The summed E-state index contributed by atoms with van der Waals surface area (Å²) in [5.41, 5.74) is 5.44. The van der Waals surface area contributed by atoms with E-state index in [2.05, 4.69) is 16.0 Å². The van der Waals surface area contributed by atoms with Crippen molar-refractivity contribution in [1.82, 2.24) is 20.9 Å². The van der Waals surface area contributed by atoms with Crippen LogP contribution in [0, 0.1) is 5.92 Å². The van der Waals surface area contributed by atoms with Crippen LogP contribution in [0.15, 0.2) is 0 Å². The van der Waals surface area contributed by atoms with Crippen molar-refractivity contribution >= 4 is 51.1 Å². The average molecular weight is 474 g/mol. The molecular formula is C19H31N5O5S2. The summed E-state index contributed by atoms with van der Waals surface area (Å²) < 4.78 is 0. The molecule has 0 aromatic rings. The number of amides is 5. The Bertz CT molecular complexity index is 720. The Balaban J connectivity index is 2.31. The molecule has 0 unspecified atom stereocenters. The van der Waals surface area contributed by atoms with Crippen LogP contribution in [0.25, 0.3) is 0 Å². The van der Waals surface area contributed by atoms with Gasteiger partial charge in [0.05, 0.1) is 0 Å². The molecule has 2 rings (SSSR count). The lowest BCUT2D eigenvalue weighted by Crippen LogP contribution is -2.58. The second-order valence-electron chi connectivity index (χ2n) is 8.17. The van der Waals surface area contributed by atoms with Crippen molar-refractivity contribution < 1.29 is 24.0 Å². The number of primary amides is 1. The minimum absolute atomic E-state index is 0.109. The quantitative estimate of drug-likeness (QED) is 0.397. The zero-order valence-electron chi connectivity index (χ0n) is 18.0. The number of nitrogens with one attached hydrogen (secondary N) is 3. The van der Waals surface area contributed by atoms with Crippen molar-refractivity contribution in [2.45, 2.75) is 64.2 Å². The molecule has 2 saturated heterocycles. The monoisotopic (exact) mass is 473 g/mol. The molecule has 2 heterocycles. The van der Waals surface area contributed by atoms with Crippen LogP contribution in [-0.4, -0.2) is 76.7 Å². The Morgan fingerprint density at radius 3 is 2.45 bits per heavy atom. The average Bonchev–Trinajstić information content (AvgIpc) is 3.16. The zero-order valence-corrected chi connectivity index (χ0v) is 19.6. The van der Waals surface area contributed by atoms with Crippen molar-refractivity contribution in [2.75, 3.05) is 18.1 Å². The van der Waals surface area contributed by atoms with Gasteiger partial charge in [0.15, 0.2) is 0 Å². The smallest absolute Gasteiger partial charge is 0.246 e. The standard InChI is InChI=1S/C19H31N5O5S2/c1-10(2)7-12-17(27)23-13(16(20)26)8-30-31-9-14(21-11(3)25)19(29)24-6-4-5-15(24)18(28)22-12/h10,12-15H,4-9H2,1-3H3,(H2,20,26)(H,21,25)(H,22,28)(H,23,27)/t12-,13-,14-,15-/m0/s1. The third-order valence-electron chi connectivity index (χ3n) is 5.07. The molecule has 0 aliphatic carbocycles. The molecule has 2 aliphatic rings. The number of hydrogen-bond donors (Lipinski definition) is 4. The van der Waals surface area contributed by atoms with E-state index in [-0.39, 0.29) is 29.2 Å². The van der Waals surface area contributed by atoms with E-state index in [1.165, 1.54) is 33.4 Å². The van der Waals surface area contributed by atoms with Gasteiger partial charge in [-0.05, 0) is 25.2 Å². The highest BCUT2D eigenvalue weighted by molar-refractivity contribution is 8.76. The van der Waals surface area contributed by atoms with E-state index in [9.17, 15) is 24.0 Å². The van der Waals surface area contributed by atoms with E-state index < -0.39 is 41.9 Å². The van der Waals surface area contributed by atoms with Crippen molar-refractivity contribution in [3.63, 3.8) is 0 Å². The molecule has 0 bridgehead atoms. The zero-order chi connectivity index (χ0) is 23.1. The molecule has 12 heteroatoms. The van der Waals surface area contributed by atoms with E-state index in [4.69, 9.17) is 5.73 Å². The van der Waals surface area contributed by atoms with Crippen LogP contribution in [0.1, 0.15) is 40.0 Å². The second kappa shape index (κ2) is 11.6. The van der Waals surface area contributed by atoms with E-state index in [0.717, 1.165) is 0 Å². The maximum Gasteiger partial charge on any atom is 0.246 e. The van der Waals surface area contributed by atoms with Gasteiger partial charge >= 0.3 is 0 Å². The van der Waals surface area contributed by atoms with Crippen molar-refractivity contribution in [2.24, 2.45) is 11.7 Å². The largest absolute Gasteiger partial charge is 0.368 e. The topological polar surface area (TPSA) is 151 Å². The number of nitrogens with zero attached hydrogens (tertiary/aromatic N) is 1. The molecule has 4 atom stereocenters. The van der Waals surface area contributed by atoms with Crippen LogP contribution >= 0.6 is 21.6 Å². The molecule has 2 fully saturated rings. The lowest BCUT2D eigenvalue weighted by atomic mass is 10.0. The summed E-state index contributed by atoms with van der Waals surface area (Å²) in [6.45, 7) is 5.59. The summed E-state index contributed by atoms with van der Waals surface area (Å²) in [7, 11) is 2.58. The Kier molecular flexibility index (Phi) is 9.48. The predicted molar refractivity (Wildman–Crippen MR) is 120 cm³/mol. The van der Waals surface area contributed by atoms with Gasteiger partial charge in [-0.1, -0.05) is 35.4 Å². The van der Waals surface area contributed by atoms with E-state index in [1.807, 2.05) is 13.8 Å². The predicted octanol–water partition coefficient (Wildman–Crippen LogP) is -0.622. The Hall–Kier alpha value is -1.95. The fourth-order valence-electron chi connectivity index (χ4n) is 3.59. The van der Waals surface area contributed by atoms with Gasteiger partial charge in [0.2, 0.25) is 29.5 Å². The fourth-order valence-corrected chi connectivity index (χ4v) is 5.93. The van der Waals surface area contributed by atoms with Crippen LogP contribution in [0.4, 0.5) is 0 Å². The summed E-state index contributed by atoms with van der Waals surface area (Å²) in [6, 6.07) is -3.27. The van der Waals surface area contributed by atoms with E-state index >= 15 is 0 Å². The molecule has 0 spiro atoms. The normalized spacial score (nSPS) is 28.4. The van der Waals surface area contributed by atoms with Crippen LogP contribution in [0.3, 0.4) is 0 Å². The molecule has 2 aliphatic heterocycles. The van der Waals surface area contributed by atoms with Crippen LogP contribution in [0.2, 0.25) is 0 Å². The van der Waals surface area contributed by atoms with Gasteiger partial charge in [-0.3, -0.25) is 24.0 Å². The molecule has 0 saturated carbocycles. The van der Waals surface area contributed by atoms with Crippen LogP contribution in [0.5, 0.6) is 0 Å². The molecule has 0 radical (unpaired) electrons. The number of carbonyl (C=O) groups is 5. The highest BCUT2D eigenvalue weighted by atomic mass is 33.1. The van der Waals surface area contributed by atoms with Crippen molar-refractivity contribution in [3.05, 3.63) is 0 Å². The maximum absolute atomic E-state index is 13.1. The van der Waals surface area contributed by atoms with Crippen molar-refractivity contribution in [1.29, 1.82) is 0 Å². The molecule has 31 heavy (non-hydrogen) atoms. The highest BCUT2D eigenvalue weighted by Crippen LogP contribution is 2.26. The number of fused-ring (bicyclic) bond motifs is 1. The Labute approximate surface area is 189 Å². The lowest BCUT2D eigenvalue weighted by molar-refractivity contribution is -0.141. The first kappa shape index (κ1) is 25.3. The van der Waals surface area contributed by atoms with Gasteiger partial charge in [0, 0.05) is 25.0 Å². The summed E-state index contributed by atoms with van der Waals surface area (Å²) in [5, 5.41) is 8.07. The molecule has 5 N–H and O–H groups in total. The molecule has 10 nitrogen and oxygen atoms in total. The van der Waals surface area contributed by atoms with E-state index in [1.54, 1.807) is 0 Å². The number of hydrogen-bond acceptors (Lipinski definition) is 7. The second-order valence-corrected chi connectivity index (χ2v) is 10.7. The van der Waals surface area contributed by atoms with Gasteiger partial charge in [-0.2, -0.15) is 0 Å². The number of carbonyl (C=O) groups excluding carboxylic acids is 5. The summed E-state index contributed by atoms with van der Waals surface area (Å²) in [6.07, 6.45) is 1.51. The third-order valence-corrected chi connectivity index (χ3v) is 7.49. The molecule has 0 aromatic heterocycles. The van der Waals surface area contributed by atoms with Gasteiger partial charge in [0.25, 0.3) is 0 Å². The maximum atomic E-state index is 13.1. The van der Waals surface area contributed by atoms with Crippen LogP contribution < -0.4 is 21.7 Å². The first-order valence-electron chi connectivity index (χ1n) is 10.3. The van der Waals surface area contributed by atoms with Crippen LogP contribution in [-0.2, 0) is 24.0 Å². The molecule has 5 amide bonds. The summed E-state index contributed by atoms with van der Waals surface area (Å²) in [5.74, 6) is -1.68. The molecule has 174 valence electrons.